The molecule has 0 bridgehead atoms. The minimum absolute atomic E-state index is 0.0880. The summed E-state index contributed by atoms with van der Waals surface area (Å²) >= 11 is 0. The van der Waals surface area contributed by atoms with Gasteiger partial charge in [-0.3, -0.25) is 9.59 Å². The van der Waals surface area contributed by atoms with Crippen molar-refractivity contribution in [3.8, 4) is 0 Å². The maximum absolute atomic E-state index is 10.3. The highest BCUT2D eigenvalue weighted by Crippen LogP contribution is 1.82. The molecular weight excluding hydrogens is 130 g/mol. The van der Waals surface area contributed by atoms with E-state index in [1.54, 1.807) is 13.0 Å². The predicted octanol–water partition coefficient (Wildman–Crippen LogP) is 0.268. The summed E-state index contributed by atoms with van der Waals surface area (Å²) in [6.45, 7) is 3.55. The summed E-state index contributed by atoms with van der Waals surface area (Å²) in [5, 5.41) is 2.54. The van der Waals surface area contributed by atoms with Crippen LogP contribution in [-0.2, 0) is 9.59 Å². The van der Waals surface area contributed by atoms with Crippen LogP contribution in [0.3, 0.4) is 0 Å². The van der Waals surface area contributed by atoms with Crippen LogP contribution in [-0.4, -0.2) is 18.7 Å². The lowest BCUT2D eigenvalue weighted by atomic mass is 10.3. The highest BCUT2D eigenvalue weighted by atomic mass is 16.1. The Bertz CT molecular complexity index is 161. The average Bonchev–Trinajstić information content (AvgIpc) is 1.87. The van der Waals surface area contributed by atoms with Gasteiger partial charge in [-0.1, -0.05) is 6.08 Å². The molecule has 1 amide bonds. The summed E-state index contributed by atoms with van der Waals surface area (Å²) in [5.74, 6) is -0.0880. The zero-order valence-electron chi connectivity index (χ0n) is 6.18. The summed E-state index contributed by atoms with van der Waals surface area (Å²) in [7, 11) is 0. The first-order valence-corrected chi connectivity index (χ1v) is 3.03. The first-order chi connectivity index (χ1) is 4.66. The van der Waals surface area contributed by atoms with Crippen molar-refractivity contribution in [1.82, 2.24) is 5.32 Å². The molecule has 0 fully saturated rings. The second-order valence-corrected chi connectivity index (χ2v) is 2.00. The topological polar surface area (TPSA) is 46.2 Å². The van der Waals surface area contributed by atoms with Crippen molar-refractivity contribution in [3.63, 3.8) is 0 Å². The van der Waals surface area contributed by atoms with Crippen molar-refractivity contribution >= 4 is 12.2 Å². The second-order valence-electron chi connectivity index (χ2n) is 2.00. The molecule has 0 aromatic heterocycles. The van der Waals surface area contributed by atoms with E-state index in [9.17, 15) is 9.59 Å². The van der Waals surface area contributed by atoms with Crippen LogP contribution in [0.4, 0.5) is 0 Å². The van der Waals surface area contributed by atoms with Crippen LogP contribution in [0, 0.1) is 0 Å². The fourth-order valence-corrected chi connectivity index (χ4v) is 0.404. The van der Waals surface area contributed by atoms with E-state index in [1.807, 2.05) is 0 Å². The molecule has 3 nitrogen and oxygen atoms in total. The Morgan fingerprint density at radius 2 is 2.10 bits per heavy atom. The third kappa shape index (κ3) is 5.03. The van der Waals surface area contributed by atoms with Gasteiger partial charge in [0, 0.05) is 13.5 Å². The molecule has 0 atom stereocenters. The fraction of sp³-hybridized carbons (Fsp3) is 0.429. The van der Waals surface area contributed by atoms with Gasteiger partial charge in [-0.2, -0.15) is 0 Å². The summed E-state index contributed by atoms with van der Waals surface area (Å²) in [6.07, 6.45) is 2.41. The minimum Gasteiger partial charge on any atom is -0.353 e. The van der Waals surface area contributed by atoms with E-state index in [2.05, 4.69) is 5.32 Å². The van der Waals surface area contributed by atoms with Gasteiger partial charge < -0.3 is 5.32 Å². The summed E-state index contributed by atoms with van der Waals surface area (Å²) in [5.41, 5.74) is 0.633. The lowest BCUT2D eigenvalue weighted by molar-refractivity contribution is -0.118. The van der Waals surface area contributed by atoms with Gasteiger partial charge in [0.15, 0.2) is 0 Å². The van der Waals surface area contributed by atoms with Crippen LogP contribution in [0.5, 0.6) is 0 Å². The molecule has 0 aromatic carbocycles. The molecule has 0 radical (unpaired) electrons. The Morgan fingerprint density at radius 3 is 2.50 bits per heavy atom. The van der Waals surface area contributed by atoms with Crippen molar-refractivity contribution in [2.45, 2.75) is 13.8 Å². The van der Waals surface area contributed by atoms with E-state index >= 15 is 0 Å². The van der Waals surface area contributed by atoms with E-state index in [1.165, 1.54) is 6.92 Å². The molecule has 0 saturated carbocycles. The van der Waals surface area contributed by atoms with E-state index in [-0.39, 0.29) is 5.91 Å². The van der Waals surface area contributed by atoms with Crippen LogP contribution >= 0.6 is 0 Å². The fourth-order valence-electron chi connectivity index (χ4n) is 0.404. The first kappa shape index (κ1) is 8.88. The molecule has 0 aromatic rings. The SMILES string of the molecule is CC(=O)NC/C=C(\C)C=O. The number of aldehydes is 1. The first-order valence-electron chi connectivity index (χ1n) is 3.03. The van der Waals surface area contributed by atoms with E-state index in [4.69, 9.17) is 0 Å². The van der Waals surface area contributed by atoms with Crippen LogP contribution in [0.2, 0.25) is 0 Å². The third-order valence-electron chi connectivity index (χ3n) is 0.961. The zero-order chi connectivity index (χ0) is 7.98. The molecule has 0 aliphatic heterocycles. The van der Waals surface area contributed by atoms with Crippen molar-refractivity contribution < 1.29 is 9.59 Å². The van der Waals surface area contributed by atoms with Crippen LogP contribution in [0.1, 0.15) is 13.8 Å². The van der Waals surface area contributed by atoms with Crippen LogP contribution in [0.25, 0.3) is 0 Å². The van der Waals surface area contributed by atoms with E-state index < -0.39 is 0 Å². The average molecular weight is 141 g/mol. The number of nitrogens with one attached hydrogen (secondary N) is 1. The van der Waals surface area contributed by atoms with Crippen molar-refractivity contribution in [2.24, 2.45) is 0 Å². The lowest BCUT2D eigenvalue weighted by Crippen LogP contribution is -2.19. The molecular formula is C7H11NO2. The Kier molecular flexibility index (Phi) is 4.20. The van der Waals surface area contributed by atoms with Gasteiger partial charge in [-0.15, -0.1) is 0 Å². The summed E-state index contributed by atoms with van der Waals surface area (Å²) < 4.78 is 0. The quantitative estimate of drug-likeness (QED) is 0.453. The Labute approximate surface area is 60.1 Å². The summed E-state index contributed by atoms with van der Waals surface area (Å²) in [4.78, 5) is 20.3. The number of hydrogen-bond acceptors (Lipinski definition) is 2. The predicted molar refractivity (Wildman–Crippen MR) is 38.5 cm³/mol. The van der Waals surface area contributed by atoms with Crippen LogP contribution < -0.4 is 5.32 Å². The molecule has 1 N–H and O–H groups in total. The van der Waals surface area contributed by atoms with Crippen molar-refractivity contribution in [1.29, 1.82) is 0 Å². The molecule has 0 heterocycles. The molecule has 56 valence electrons. The third-order valence-corrected chi connectivity index (χ3v) is 0.961. The highest BCUT2D eigenvalue weighted by Gasteiger charge is 1.86. The van der Waals surface area contributed by atoms with Crippen molar-refractivity contribution in [3.05, 3.63) is 11.6 Å². The Hall–Kier alpha value is -1.12. The maximum Gasteiger partial charge on any atom is 0.217 e. The van der Waals surface area contributed by atoms with Gasteiger partial charge in [0.05, 0.1) is 0 Å². The standard InChI is InChI=1S/C7H11NO2/c1-6(5-9)3-4-8-7(2)10/h3,5H,4H2,1-2H3,(H,8,10)/b6-3+. The van der Waals surface area contributed by atoms with E-state index in [0.29, 0.717) is 12.1 Å². The highest BCUT2D eigenvalue weighted by molar-refractivity contribution is 5.74. The molecule has 0 saturated heterocycles. The van der Waals surface area contributed by atoms with Crippen molar-refractivity contribution in [2.75, 3.05) is 6.54 Å². The molecule has 0 unspecified atom stereocenters. The van der Waals surface area contributed by atoms with Crippen LogP contribution in [0.15, 0.2) is 11.6 Å². The van der Waals surface area contributed by atoms with E-state index in [0.717, 1.165) is 6.29 Å². The Morgan fingerprint density at radius 1 is 1.50 bits per heavy atom. The second kappa shape index (κ2) is 4.73. The van der Waals surface area contributed by atoms with Gasteiger partial charge >= 0.3 is 0 Å². The largest absolute Gasteiger partial charge is 0.353 e. The normalized spacial score (nSPS) is 10.8. The van der Waals surface area contributed by atoms with Gasteiger partial charge in [-0.25, -0.2) is 0 Å². The smallest absolute Gasteiger partial charge is 0.217 e. The van der Waals surface area contributed by atoms with Gasteiger partial charge in [-0.05, 0) is 12.5 Å². The number of allylic oxidation sites excluding steroid dienone is 1. The maximum atomic E-state index is 10.3. The number of carbonyl (C=O) groups is 2. The number of hydrogen-bond donors (Lipinski definition) is 1. The number of amides is 1. The molecule has 0 rings (SSSR count). The minimum atomic E-state index is -0.0880. The molecule has 0 aliphatic carbocycles. The summed E-state index contributed by atoms with van der Waals surface area (Å²) in [6, 6.07) is 0. The molecule has 0 spiro atoms. The van der Waals surface area contributed by atoms with Gasteiger partial charge in [0.2, 0.25) is 5.91 Å². The zero-order valence-corrected chi connectivity index (χ0v) is 6.18. The van der Waals surface area contributed by atoms with Gasteiger partial charge in [0.1, 0.15) is 6.29 Å². The molecule has 3 heteroatoms. The molecule has 0 aliphatic rings. The lowest BCUT2D eigenvalue weighted by Gasteiger charge is -1.94. The number of rotatable bonds is 3. The number of carbonyl (C=O) groups excluding carboxylic acids is 2. The monoisotopic (exact) mass is 141 g/mol. The van der Waals surface area contributed by atoms with Gasteiger partial charge in [0.25, 0.3) is 0 Å². The Balaban J connectivity index is 3.52. The molecule has 10 heavy (non-hydrogen) atoms.